The topological polar surface area (TPSA) is 19.4 Å². The summed E-state index contributed by atoms with van der Waals surface area (Å²) in [5, 5.41) is 1.28. The minimum atomic E-state index is 0.675. The Balaban J connectivity index is 1.66. The Bertz CT molecular complexity index is 390. The van der Waals surface area contributed by atoms with Gasteiger partial charge >= 0.3 is 0 Å². The molecule has 94 valence electrons. The standard InChI is InChI=1S/C13H21N3S/c1-10-7-15-5-3-4-12(15)8-16(10)9-13-14-6-11(2)17-13/h6,10,12H,3-5,7-9H2,1-2H3. The highest BCUT2D eigenvalue weighted by molar-refractivity contribution is 7.11. The number of hydrogen-bond donors (Lipinski definition) is 0. The average Bonchev–Trinajstić information content (AvgIpc) is 2.88. The summed E-state index contributed by atoms with van der Waals surface area (Å²) in [6, 6.07) is 1.49. The third-order valence-electron chi connectivity index (χ3n) is 4.07. The molecule has 0 aliphatic carbocycles. The van der Waals surface area contributed by atoms with Crippen LogP contribution < -0.4 is 0 Å². The number of aromatic nitrogens is 1. The van der Waals surface area contributed by atoms with Crippen molar-refractivity contribution in [3.8, 4) is 0 Å². The number of nitrogens with zero attached hydrogens (tertiary/aromatic N) is 3. The normalized spacial score (nSPS) is 30.7. The number of thiazole rings is 1. The summed E-state index contributed by atoms with van der Waals surface area (Å²) in [4.78, 5) is 11.1. The molecule has 2 atom stereocenters. The van der Waals surface area contributed by atoms with Gasteiger partial charge < -0.3 is 0 Å². The van der Waals surface area contributed by atoms with Gasteiger partial charge in [0.25, 0.3) is 0 Å². The van der Waals surface area contributed by atoms with E-state index in [0.717, 1.165) is 12.6 Å². The van der Waals surface area contributed by atoms with Crippen LogP contribution in [0.3, 0.4) is 0 Å². The van der Waals surface area contributed by atoms with Crippen LogP contribution in [0.2, 0.25) is 0 Å². The SMILES string of the molecule is Cc1cnc(CN2CC3CCCN3CC2C)s1. The van der Waals surface area contributed by atoms with Crippen LogP contribution in [-0.2, 0) is 6.54 Å². The fourth-order valence-electron chi connectivity index (χ4n) is 3.12. The highest BCUT2D eigenvalue weighted by Crippen LogP contribution is 2.26. The first-order chi connectivity index (χ1) is 8.22. The average molecular weight is 251 g/mol. The minimum absolute atomic E-state index is 0.675. The maximum absolute atomic E-state index is 4.49. The van der Waals surface area contributed by atoms with E-state index in [1.165, 1.54) is 42.4 Å². The highest BCUT2D eigenvalue weighted by Gasteiger charge is 2.34. The zero-order chi connectivity index (χ0) is 11.8. The summed E-state index contributed by atoms with van der Waals surface area (Å²) in [5.41, 5.74) is 0. The molecule has 0 aromatic carbocycles. The molecule has 3 nitrogen and oxygen atoms in total. The van der Waals surface area contributed by atoms with E-state index in [9.17, 15) is 0 Å². The monoisotopic (exact) mass is 251 g/mol. The summed E-state index contributed by atoms with van der Waals surface area (Å²) in [5.74, 6) is 0. The maximum Gasteiger partial charge on any atom is 0.107 e. The first-order valence-corrected chi connectivity index (χ1v) is 7.43. The van der Waals surface area contributed by atoms with Gasteiger partial charge in [-0.1, -0.05) is 0 Å². The lowest BCUT2D eigenvalue weighted by Crippen LogP contribution is -2.54. The first-order valence-electron chi connectivity index (χ1n) is 6.62. The summed E-state index contributed by atoms with van der Waals surface area (Å²) in [6.07, 6.45) is 4.78. The van der Waals surface area contributed by atoms with Crippen molar-refractivity contribution in [3.05, 3.63) is 16.1 Å². The van der Waals surface area contributed by atoms with E-state index in [2.05, 4.69) is 28.6 Å². The second-order valence-electron chi connectivity index (χ2n) is 5.43. The molecular weight excluding hydrogens is 230 g/mol. The van der Waals surface area contributed by atoms with Crippen molar-refractivity contribution in [2.45, 2.75) is 45.3 Å². The minimum Gasteiger partial charge on any atom is -0.298 e. The van der Waals surface area contributed by atoms with E-state index in [-0.39, 0.29) is 0 Å². The molecule has 0 spiro atoms. The lowest BCUT2D eigenvalue weighted by atomic mass is 10.1. The van der Waals surface area contributed by atoms with Gasteiger partial charge in [0.15, 0.2) is 0 Å². The van der Waals surface area contributed by atoms with Gasteiger partial charge in [0, 0.05) is 36.2 Å². The maximum atomic E-state index is 4.49. The van der Waals surface area contributed by atoms with Gasteiger partial charge in [-0.15, -0.1) is 11.3 Å². The lowest BCUT2D eigenvalue weighted by molar-refractivity contribution is 0.0540. The molecule has 2 aliphatic rings. The molecule has 0 amide bonds. The molecule has 3 heterocycles. The Morgan fingerprint density at radius 3 is 3.12 bits per heavy atom. The summed E-state index contributed by atoms with van der Waals surface area (Å²) in [7, 11) is 0. The molecule has 0 N–H and O–H groups in total. The summed E-state index contributed by atoms with van der Waals surface area (Å²) < 4.78 is 0. The van der Waals surface area contributed by atoms with Crippen molar-refractivity contribution in [1.82, 2.24) is 14.8 Å². The zero-order valence-electron chi connectivity index (χ0n) is 10.7. The Hall–Kier alpha value is -0.450. The molecule has 3 rings (SSSR count). The van der Waals surface area contributed by atoms with Gasteiger partial charge in [-0.25, -0.2) is 4.98 Å². The molecule has 2 unspecified atom stereocenters. The smallest absolute Gasteiger partial charge is 0.107 e. The number of rotatable bonds is 2. The molecular formula is C13H21N3S. The van der Waals surface area contributed by atoms with Gasteiger partial charge in [-0.3, -0.25) is 9.80 Å². The van der Waals surface area contributed by atoms with Gasteiger partial charge in [-0.2, -0.15) is 0 Å². The van der Waals surface area contributed by atoms with Crippen molar-refractivity contribution in [2.24, 2.45) is 0 Å². The number of piperazine rings is 1. The fraction of sp³-hybridized carbons (Fsp3) is 0.769. The van der Waals surface area contributed by atoms with Crippen molar-refractivity contribution in [3.63, 3.8) is 0 Å². The van der Waals surface area contributed by atoms with E-state index >= 15 is 0 Å². The summed E-state index contributed by atoms with van der Waals surface area (Å²) in [6.45, 7) is 9.34. The molecule has 0 bridgehead atoms. The number of hydrogen-bond acceptors (Lipinski definition) is 4. The van der Waals surface area contributed by atoms with E-state index in [4.69, 9.17) is 0 Å². The molecule has 4 heteroatoms. The van der Waals surface area contributed by atoms with Crippen LogP contribution in [0.15, 0.2) is 6.20 Å². The van der Waals surface area contributed by atoms with Crippen LogP contribution in [0, 0.1) is 6.92 Å². The molecule has 0 radical (unpaired) electrons. The second-order valence-corrected chi connectivity index (χ2v) is 6.75. The van der Waals surface area contributed by atoms with Crippen molar-refractivity contribution in [2.75, 3.05) is 19.6 Å². The molecule has 17 heavy (non-hydrogen) atoms. The van der Waals surface area contributed by atoms with E-state index < -0.39 is 0 Å². The number of fused-ring (bicyclic) bond motifs is 1. The quantitative estimate of drug-likeness (QED) is 0.802. The fourth-order valence-corrected chi connectivity index (χ4v) is 3.93. The van der Waals surface area contributed by atoms with Crippen LogP contribution in [0.25, 0.3) is 0 Å². The molecule has 1 aromatic heterocycles. The van der Waals surface area contributed by atoms with Crippen LogP contribution >= 0.6 is 11.3 Å². The van der Waals surface area contributed by atoms with Crippen LogP contribution in [-0.4, -0.2) is 46.5 Å². The molecule has 2 aliphatic heterocycles. The van der Waals surface area contributed by atoms with Crippen molar-refractivity contribution < 1.29 is 0 Å². The van der Waals surface area contributed by atoms with E-state index in [1.807, 2.05) is 17.5 Å². The Labute approximate surface area is 107 Å². The molecule has 0 saturated carbocycles. The predicted molar refractivity (Wildman–Crippen MR) is 71.3 cm³/mol. The Morgan fingerprint density at radius 2 is 2.35 bits per heavy atom. The molecule has 1 aromatic rings. The van der Waals surface area contributed by atoms with Gasteiger partial charge in [-0.05, 0) is 33.2 Å². The van der Waals surface area contributed by atoms with Crippen molar-refractivity contribution in [1.29, 1.82) is 0 Å². The predicted octanol–water partition coefficient (Wildman–Crippen LogP) is 2.12. The molecule has 2 fully saturated rings. The Morgan fingerprint density at radius 1 is 1.47 bits per heavy atom. The van der Waals surface area contributed by atoms with Crippen LogP contribution in [0.4, 0.5) is 0 Å². The first kappa shape index (κ1) is 11.6. The van der Waals surface area contributed by atoms with Crippen LogP contribution in [0.5, 0.6) is 0 Å². The van der Waals surface area contributed by atoms with Gasteiger partial charge in [0.1, 0.15) is 5.01 Å². The van der Waals surface area contributed by atoms with Crippen molar-refractivity contribution >= 4 is 11.3 Å². The third-order valence-corrected chi connectivity index (χ3v) is 4.97. The largest absolute Gasteiger partial charge is 0.298 e. The molecule has 2 saturated heterocycles. The third kappa shape index (κ3) is 2.39. The Kier molecular flexibility index (Phi) is 3.19. The highest BCUT2D eigenvalue weighted by atomic mass is 32.1. The summed E-state index contributed by atoms with van der Waals surface area (Å²) >= 11 is 1.84. The zero-order valence-corrected chi connectivity index (χ0v) is 11.5. The lowest BCUT2D eigenvalue weighted by Gasteiger charge is -2.41. The number of aryl methyl sites for hydroxylation is 1. The van der Waals surface area contributed by atoms with E-state index in [0.29, 0.717) is 6.04 Å². The van der Waals surface area contributed by atoms with Crippen LogP contribution in [0.1, 0.15) is 29.7 Å². The second kappa shape index (κ2) is 4.67. The van der Waals surface area contributed by atoms with E-state index in [1.54, 1.807) is 0 Å². The van der Waals surface area contributed by atoms with Gasteiger partial charge in [0.05, 0.1) is 6.54 Å². The van der Waals surface area contributed by atoms with Gasteiger partial charge in [0.2, 0.25) is 0 Å².